The molecule has 0 radical (unpaired) electrons. The standard InChI is InChI=1S/C36H29Cl2F3N4O7/c1-15-10-17(11-16(2)28(15)46)27-21-8-9-22-26(32(49)44(30(22)47)34(51)52-3)23(21)13-24-31(48)45(33(50)35(24,27)18-4-6-20(37)7-5-18)43-29-25(38)12-19(14-42-29)36(39,40)41/h4-8,10-12,14,22-24,26-27,46H,9,13H2,1-3H3,(H,42,43). The number of phenols is 1. The molecule has 3 fully saturated rings. The van der Waals surface area contributed by atoms with Crippen molar-refractivity contribution in [2.75, 3.05) is 12.5 Å². The van der Waals surface area contributed by atoms with Crippen LogP contribution >= 0.6 is 23.2 Å². The molecule has 0 spiro atoms. The van der Waals surface area contributed by atoms with Crippen molar-refractivity contribution in [1.29, 1.82) is 0 Å². The lowest BCUT2D eigenvalue weighted by atomic mass is 9.49. The molecular weight excluding hydrogens is 728 g/mol. The minimum atomic E-state index is -4.76. The number of hydrogen-bond acceptors (Lipinski definition) is 9. The van der Waals surface area contributed by atoms with Gasteiger partial charge in [0.2, 0.25) is 11.8 Å². The summed E-state index contributed by atoms with van der Waals surface area (Å²) >= 11 is 12.5. The molecule has 6 atom stereocenters. The van der Waals surface area contributed by atoms with Gasteiger partial charge < -0.3 is 9.84 Å². The van der Waals surface area contributed by atoms with Crippen molar-refractivity contribution >= 4 is 58.7 Å². The molecule has 3 aromatic rings. The molecule has 16 heteroatoms. The number of halogens is 5. The van der Waals surface area contributed by atoms with Crippen LogP contribution in [0.3, 0.4) is 0 Å². The number of ether oxygens (including phenoxy) is 1. The first-order valence-electron chi connectivity index (χ1n) is 16.1. The van der Waals surface area contributed by atoms with Crippen LogP contribution in [0.1, 0.15) is 46.6 Å². The van der Waals surface area contributed by atoms with E-state index in [2.05, 4.69) is 10.4 Å². The van der Waals surface area contributed by atoms with Gasteiger partial charge in [0.25, 0.3) is 11.8 Å². The summed E-state index contributed by atoms with van der Waals surface area (Å²) in [5.74, 6) is -8.56. The van der Waals surface area contributed by atoms with Crippen LogP contribution < -0.4 is 5.43 Å². The van der Waals surface area contributed by atoms with Crippen molar-refractivity contribution in [1.82, 2.24) is 14.9 Å². The number of fused-ring (bicyclic) bond motifs is 4. The number of phenolic OH excluding ortho intramolecular Hbond substituents is 1. The number of allylic oxidation sites excluding steroid dienone is 2. The quantitative estimate of drug-likeness (QED) is 0.226. The lowest BCUT2D eigenvalue weighted by Gasteiger charge is -2.50. The smallest absolute Gasteiger partial charge is 0.423 e. The number of rotatable bonds is 4. The number of methoxy groups -OCH3 is 1. The Morgan fingerprint density at radius 2 is 1.65 bits per heavy atom. The van der Waals surface area contributed by atoms with E-state index >= 15 is 4.79 Å². The summed E-state index contributed by atoms with van der Waals surface area (Å²) in [4.78, 5) is 74.1. The number of anilines is 1. The maximum Gasteiger partial charge on any atom is 0.423 e. The number of carbonyl (C=O) groups is 5. The number of aromatic nitrogens is 1. The molecule has 11 nitrogen and oxygen atoms in total. The number of aryl methyl sites for hydroxylation is 2. The second-order valence-corrected chi connectivity index (χ2v) is 14.2. The van der Waals surface area contributed by atoms with Crippen molar-refractivity contribution in [3.63, 3.8) is 0 Å². The summed E-state index contributed by atoms with van der Waals surface area (Å²) in [7, 11) is 1.04. The van der Waals surface area contributed by atoms with Gasteiger partial charge in [0.1, 0.15) is 5.75 Å². The summed E-state index contributed by atoms with van der Waals surface area (Å²) in [5, 5.41) is 11.3. The molecule has 6 unspecified atom stereocenters. The number of aromatic hydroxyl groups is 1. The Morgan fingerprint density at radius 3 is 2.25 bits per heavy atom. The summed E-state index contributed by atoms with van der Waals surface area (Å²) < 4.78 is 45.0. The van der Waals surface area contributed by atoms with Gasteiger partial charge >= 0.3 is 12.3 Å². The van der Waals surface area contributed by atoms with E-state index in [4.69, 9.17) is 27.9 Å². The monoisotopic (exact) mass is 756 g/mol. The molecule has 3 heterocycles. The summed E-state index contributed by atoms with van der Waals surface area (Å²) in [6, 6.07) is 10.3. The van der Waals surface area contributed by atoms with Crippen LogP contribution in [-0.2, 0) is 35.5 Å². The maximum atomic E-state index is 15.2. The molecule has 1 saturated carbocycles. The van der Waals surface area contributed by atoms with E-state index in [9.17, 15) is 37.5 Å². The van der Waals surface area contributed by atoms with E-state index in [1.807, 2.05) is 0 Å². The van der Waals surface area contributed by atoms with Crippen LogP contribution in [0, 0.1) is 37.5 Å². The van der Waals surface area contributed by atoms with Gasteiger partial charge in [0, 0.05) is 17.1 Å². The average Bonchev–Trinajstić information content (AvgIpc) is 3.48. The second kappa shape index (κ2) is 12.3. The van der Waals surface area contributed by atoms with E-state index in [0.717, 1.165) is 7.11 Å². The number of amides is 5. The van der Waals surface area contributed by atoms with E-state index in [-0.39, 0.29) is 18.6 Å². The first-order chi connectivity index (χ1) is 24.5. The number of likely N-dealkylation sites (tertiary alicyclic amines) is 1. The van der Waals surface area contributed by atoms with E-state index < -0.39 is 87.3 Å². The number of imide groups is 4. The van der Waals surface area contributed by atoms with Crippen LogP contribution in [-0.4, -0.2) is 56.8 Å². The van der Waals surface area contributed by atoms with Gasteiger partial charge in [-0.3, -0.25) is 24.6 Å². The molecular formula is C36H29Cl2F3N4O7. The van der Waals surface area contributed by atoms with Crippen molar-refractivity contribution in [2.24, 2.45) is 23.7 Å². The third-order valence-electron chi connectivity index (χ3n) is 10.8. The first kappa shape index (κ1) is 35.5. The van der Waals surface area contributed by atoms with Crippen molar-refractivity contribution < 1.29 is 47.0 Å². The molecule has 0 bridgehead atoms. The highest BCUT2D eigenvalue weighted by Crippen LogP contribution is 2.64. The number of alkyl halides is 3. The summed E-state index contributed by atoms with van der Waals surface area (Å²) in [5.41, 5.74) is 2.05. The van der Waals surface area contributed by atoms with E-state index in [1.54, 1.807) is 56.3 Å². The zero-order chi connectivity index (χ0) is 37.6. The molecule has 4 aliphatic rings. The number of pyridine rings is 1. The molecule has 2 N–H and O–H groups in total. The molecule has 2 aliphatic heterocycles. The summed E-state index contributed by atoms with van der Waals surface area (Å²) in [6.07, 6.45) is -3.70. The number of hydrogen-bond donors (Lipinski definition) is 2. The van der Waals surface area contributed by atoms with Crippen molar-refractivity contribution in [2.45, 2.75) is 44.2 Å². The molecule has 270 valence electrons. The van der Waals surface area contributed by atoms with E-state index in [1.165, 1.54) is 0 Å². The predicted molar refractivity (Wildman–Crippen MR) is 179 cm³/mol. The topological polar surface area (TPSA) is 146 Å². The Balaban J connectivity index is 1.45. The van der Waals surface area contributed by atoms with E-state index in [0.29, 0.717) is 55.0 Å². The SMILES string of the molecule is COC(=O)N1C(=O)C2CC=C3C(CC4C(=O)N(Nc5ncc(C(F)(F)F)cc5Cl)C(=O)C4(c4ccc(Cl)cc4)C3c3cc(C)c(O)c(C)c3)C2C1=O. The third kappa shape index (κ3) is 5.09. The fourth-order valence-corrected chi connectivity index (χ4v) is 8.92. The fourth-order valence-electron chi connectivity index (χ4n) is 8.59. The molecule has 7 rings (SSSR count). The number of nitrogens with zero attached hydrogens (tertiary/aromatic N) is 3. The van der Waals surface area contributed by atoms with Crippen LogP contribution in [0.5, 0.6) is 5.75 Å². The van der Waals surface area contributed by atoms with Crippen molar-refractivity contribution in [3.8, 4) is 5.75 Å². The van der Waals surface area contributed by atoms with Gasteiger partial charge in [-0.05, 0) is 73.1 Å². The molecule has 1 aromatic heterocycles. The number of nitrogens with one attached hydrogen (secondary N) is 1. The van der Waals surface area contributed by atoms with Crippen LogP contribution in [0.4, 0.5) is 23.8 Å². The lowest BCUT2D eigenvalue weighted by Crippen LogP contribution is -2.53. The Bertz CT molecular complexity index is 2100. The minimum Gasteiger partial charge on any atom is -0.507 e. The highest BCUT2D eigenvalue weighted by atomic mass is 35.5. The largest absolute Gasteiger partial charge is 0.507 e. The zero-order valence-electron chi connectivity index (χ0n) is 27.6. The Kier molecular flexibility index (Phi) is 8.41. The number of carbonyl (C=O) groups excluding carboxylic acids is 5. The summed E-state index contributed by atoms with van der Waals surface area (Å²) in [6.45, 7) is 3.34. The van der Waals surface area contributed by atoms with Crippen LogP contribution in [0.2, 0.25) is 10.0 Å². The Labute approximate surface area is 304 Å². The minimum absolute atomic E-state index is 0.0105. The van der Waals surface area contributed by atoms with Gasteiger partial charge in [-0.25, -0.2) is 9.78 Å². The molecule has 2 aromatic carbocycles. The van der Waals surface area contributed by atoms with Crippen LogP contribution in [0.15, 0.2) is 60.3 Å². The molecule has 2 aliphatic carbocycles. The molecule has 5 amide bonds. The molecule has 52 heavy (non-hydrogen) atoms. The Hall–Kier alpha value is -4.95. The van der Waals surface area contributed by atoms with Gasteiger partial charge in [-0.1, -0.05) is 59.1 Å². The predicted octanol–water partition coefficient (Wildman–Crippen LogP) is 6.48. The lowest BCUT2D eigenvalue weighted by molar-refractivity contribution is -0.140. The fraction of sp³-hybridized carbons (Fsp3) is 0.333. The first-order valence-corrected chi connectivity index (χ1v) is 16.9. The van der Waals surface area contributed by atoms with Gasteiger partial charge in [0.15, 0.2) is 5.82 Å². The highest BCUT2D eigenvalue weighted by Gasteiger charge is 2.70. The van der Waals surface area contributed by atoms with Gasteiger partial charge in [0.05, 0.1) is 40.9 Å². The molecule has 2 saturated heterocycles. The third-order valence-corrected chi connectivity index (χ3v) is 11.3. The zero-order valence-corrected chi connectivity index (χ0v) is 29.1. The van der Waals surface area contributed by atoms with Gasteiger partial charge in [-0.2, -0.15) is 23.1 Å². The number of benzene rings is 2. The maximum absolute atomic E-state index is 15.2. The second-order valence-electron chi connectivity index (χ2n) is 13.4. The normalized spacial score (nSPS) is 26.9. The average molecular weight is 758 g/mol. The van der Waals surface area contributed by atoms with Crippen molar-refractivity contribution in [3.05, 3.63) is 98.2 Å². The van der Waals surface area contributed by atoms with Crippen LogP contribution in [0.25, 0.3) is 0 Å². The number of hydrazine groups is 1. The highest BCUT2D eigenvalue weighted by molar-refractivity contribution is 6.33. The Morgan fingerprint density at radius 1 is 1.00 bits per heavy atom. The van der Waals surface area contributed by atoms with Gasteiger partial charge in [-0.15, -0.1) is 0 Å².